The average Bonchev–Trinajstić information content (AvgIpc) is 2.55. The molecule has 2 aromatic carbocycles. The van der Waals surface area contributed by atoms with Gasteiger partial charge in [0.15, 0.2) is 0 Å². The number of aliphatic hydroxyl groups is 2. The van der Waals surface area contributed by atoms with Crippen molar-refractivity contribution in [2.75, 3.05) is 0 Å². The molecule has 108 valence electrons. The minimum absolute atomic E-state index is 0.291. The molecule has 0 saturated heterocycles. The second-order valence-electron chi connectivity index (χ2n) is 4.67. The van der Waals surface area contributed by atoms with Crippen LogP contribution in [0.5, 0.6) is 0 Å². The van der Waals surface area contributed by atoms with Crippen molar-refractivity contribution < 1.29 is 10.2 Å². The Kier molecular flexibility index (Phi) is 7.63. The second kappa shape index (κ2) is 9.29. The molecular weight excluding hydrogens is 248 g/mol. The van der Waals surface area contributed by atoms with Gasteiger partial charge in [-0.05, 0) is 24.0 Å². The van der Waals surface area contributed by atoms with Crippen LogP contribution < -0.4 is 0 Å². The van der Waals surface area contributed by atoms with Crippen LogP contribution in [0.3, 0.4) is 0 Å². The molecule has 2 N–H and O–H groups in total. The Labute approximate surface area is 121 Å². The molecule has 0 spiro atoms. The van der Waals surface area contributed by atoms with Crippen molar-refractivity contribution in [1.29, 1.82) is 0 Å². The quantitative estimate of drug-likeness (QED) is 0.873. The molecular formula is C18H24O2. The van der Waals surface area contributed by atoms with Crippen molar-refractivity contribution >= 4 is 0 Å². The van der Waals surface area contributed by atoms with Gasteiger partial charge in [-0.3, -0.25) is 0 Å². The first kappa shape index (κ1) is 16.4. The summed E-state index contributed by atoms with van der Waals surface area (Å²) in [5.41, 5.74) is 2.01. The highest BCUT2D eigenvalue weighted by Crippen LogP contribution is 2.14. The smallest absolute Gasteiger partial charge is 0.0787 e. The van der Waals surface area contributed by atoms with Crippen LogP contribution in [0.4, 0.5) is 0 Å². The van der Waals surface area contributed by atoms with Crippen LogP contribution in [0.25, 0.3) is 0 Å². The van der Waals surface area contributed by atoms with E-state index in [0.29, 0.717) is 0 Å². The maximum Gasteiger partial charge on any atom is 0.0787 e. The summed E-state index contributed by atoms with van der Waals surface area (Å²) >= 11 is 0. The van der Waals surface area contributed by atoms with E-state index >= 15 is 0 Å². The Hall–Kier alpha value is -1.64. The van der Waals surface area contributed by atoms with Crippen LogP contribution in [0, 0.1) is 0 Å². The molecule has 20 heavy (non-hydrogen) atoms. The molecule has 0 aliphatic rings. The van der Waals surface area contributed by atoms with Crippen molar-refractivity contribution in [2.24, 2.45) is 0 Å². The fraction of sp³-hybridized carbons (Fsp3) is 0.333. The van der Waals surface area contributed by atoms with E-state index in [4.69, 9.17) is 0 Å². The van der Waals surface area contributed by atoms with Crippen LogP contribution in [0.1, 0.15) is 50.0 Å². The first-order valence-corrected chi connectivity index (χ1v) is 7.15. The summed E-state index contributed by atoms with van der Waals surface area (Å²) in [6.45, 7) is 3.94. The van der Waals surface area contributed by atoms with Crippen LogP contribution in [-0.4, -0.2) is 10.2 Å². The van der Waals surface area contributed by atoms with Gasteiger partial charge in [-0.1, -0.05) is 74.5 Å². The van der Waals surface area contributed by atoms with Crippen LogP contribution in [-0.2, 0) is 0 Å². The molecule has 0 heterocycles. The predicted octanol–water partition coefficient (Wildman–Crippen LogP) is 4.26. The van der Waals surface area contributed by atoms with E-state index in [9.17, 15) is 10.2 Å². The molecule has 0 aliphatic heterocycles. The van der Waals surface area contributed by atoms with Gasteiger partial charge in [0.1, 0.15) is 0 Å². The van der Waals surface area contributed by atoms with E-state index in [0.717, 1.165) is 24.0 Å². The second-order valence-corrected chi connectivity index (χ2v) is 4.67. The van der Waals surface area contributed by atoms with E-state index in [1.54, 1.807) is 0 Å². The standard InChI is InChI=1S/2C9H12O/c2*1-2-9(10)8-6-4-3-5-7-8/h2*3-7,9-10H,2H2,1H3. The zero-order chi connectivity index (χ0) is 14.8. The monoisotopic (exact) mass is 272 g/mol. The van der Waals surface area contributed by atoms with Gasteiger partial charge in [-0.15, -0.1) is 0 Å². The van der Waals surface area contributed by atoms with Gasteiger partial charge in [0, 0.05) is 0 Å². The molecule has 0 aliphatic carbocycles. The van der Waals surface area contributed by atoms with E-state index in [2.05, 4.69) is 0 Å². The number of hydrogen-bond donors (Lipinski definition) is 2. The highest BCUT2D eigenvalue weighted by molar-refractivity contribution is 5.17. The van der Waals surface area contributed by atoms with E-state index in [-0.39, 0.29) is 12.2 Å². The molecule has 2 heteroatoms. The molecule has 2 nitrogen and oxygen atoms in total. The summed E-state index contributed by atoms with van der Waals surface area (Å²) in [5, 5.41) is 18.7. The molecule has 0 fully saturated rings. The first-order chi connectivity index (χ1) is 9.69. The molecule has 2 unspecified atom stereocenters. The summed E-state index contributed by atoms with van der Waals surface area (Å²) in [6.07, 6.45) is 0.982. The molecule has 0 bridgehead atoms. The minimum atomic E-state index is -0.291. The molecule has 2 aromatic rings. The summed E-state index contributed by atoms with van der Waals surface area (Å²) in [4.78, 5) is 0. The lowest BCUT2D eigenvalue weighted by molar-refractivity contribution is 0.173. The SMILES string of the molecule is CCC(O)c1ccccc1.CCC(O)c1ccccc1. The summed E-state index contributed by atoms with van der Waals surface area (Å²) in [5.74, 6) is 0. The molecule has 0 radical (unpaired) electrons. The van der Waals surface area contributed by atoms with Crippen LogP contribution in [0.2, 0.25) is 0 Å². The maximum absolute atomic E-state index is 9.33. The van der Waals surface area contributed by atoms with Gasteiger partial charge in [-0.25, -0.2) is 0 Å². The minimum Gasteiger partial charge on any atom is -0.388 e. The topological polar surface area (TPSA) is 40.5 Å². The third-order valence-electron chi connectivity index (χ3n) is 3.14. The third-order valence-corrected chi connectivity index (χ3v) is 3.14. The van der Waals surface area contributed by atoms with Crippen molar-refractivity contribution in [3.63, 3.8) is 0 Å². The first-order valence-electron chi connectivity index (χ1n) is 7.15. The number of benzene rings is 2. The molecule has 0 saturated carbocycles. The van der Waals surface area contributed by atoms with Crippen LogP contribution >= 0.6 is 0 Å². The van der Waals surface area contributed by atoms with Gasteiger partial charge < -0.3 is 10.2 Å². The van der Waals surface area contributed by atoms with Gasteiger partial charge in [0.05, 0.1) is 12.2 Å². The van der Waals surface area contributed by atoms with E-state index in [1.807, 2.05) is 74.5 Å². The van der Waals surface area contributed by atoms with E-state index in [1.165, 1.54) is 0 Å². The lowest BCUT2D eigenvalue weighted by Crippen LogP contribution is -1.93. The largest absolute Gasteiger partial charge is 0.388 e. The number of hydrogen-bond acceptors (Lipinski definition) is 2. The molecule has 0 aromatic heterocycles. The van der Waals surface area contributed by atoms with Gasteiger partial charge in [0.25, 0.3) is 0 Å². The summed E-state index contributed by atoms with van der Waals surface area (Å²) in [6, 6.07) is 19.4. The summed E-state index contributed by atoms with van der Waals surface area (Å²) in [7, 11) is 0. The highest BCUT2D eigenvalue weighted by atomic mass is 16.3. The Balaban J connectivity index is 0.000000200. The van der Waals surface area contributed by atoms with Gasteiger partial charge in [0.2, 0.25) is 0 Å². The van der Waals surface area contributed by atoms with Crippen LogP contribution in [0.15, 0.2) is 60.7 Å². The number of aliphatic hydroxyl groups excluding tert-OH is 2. The Morgan fingerprint density at radius 1 is 0.650 bits per heavy atom. The lowest BCUT2D eigenvalue weighted by Gasteiger charge is -2.05. The van der Waals surface area contributed by atoms with E-state index < -0.39 is 0 Å². The van der Waals surface area contributed by atoms with Gasteiger partial charge in [-0.2, -0.15) is 0 Å². The molecule has 2 atom stereocenters. The third kappa shape index (κ3) is 5.55. The normalized spacial score (nSPS) is 13.0. The summed E-state index contributed by atoms with van der Waals surface area (Å²) < 4.78 is 0. The van der Waals surface area contributed by atoms with Crippen molar-refractivity contribution in [3.8, 4) is 0 Å². The van der Waals surface area contributed by atoms with Crippen molar-refractivity contribution in [2.45, 2.75) is 38.9 Å². The maximum atomic E-state index is 9.33. The highest BCUT2D eigenvalue weighted by Gasteiger charge is 2.01. The lowest BCUT2D eigenvalue weighted by atomic mass is 10.1. The van der Waals surface area contributed by atoms with Crippen molar-refractivity contribution in [3.05, 3.63) is 71.8 Å². The Morgan fingerprint density at radius 2 is 0.950 bits per heavy atom. The van der Waals surface area contributed by atoms with Gasteiger partial charge >= 0.3 is 0 Å². The zero-order valence-corrected chi connectivity index (χ0v) is 12.2. The Morgan fingerprint density at radius 3 is 1.20 bits per heavy atom. The fourth-order valence-corrected chi connectivity index (χ4v) is 1.82. The average molecular weight is 272 g/mol. The Bertz CT molecular complexity index is 408. The molecule has 2 rings (SSSR count). The molecule has 0 amide bonds. The van der Waals surface area contributed by atoms with Crippen molar-refractivity contribution in [1.82, 2.24) is 0 Å². The fourth-order valence-electron chi connectivity index (χ4n) is 1.82. The zero-order valence-electron chi connectivity index (χ0n) is 12.2. The predicted molar refractivity (Wildman–Crippen MR) is 83.4 cm³/mol. The number of rotatable bonds is 4.